The molecular formula is C10H9N4O4+. The average Bonchev–Trinajstić information content (AvgIpc) is 2.27. The van der Waals surface area contributed by atoms with Gasteiger partial charge in [0.25, 0.3) is 0 Å². The van der Waals surface area contributed by atoms with Crippen molar-refractivity contribution < 1.29 is 9.49 Å². The number of pyridine rings is 1. The molecule has 0 bridgehead atoms. The van der Waals surface area contributed by atoms with E-state index in [0.29, 0.717) is 0 Å². The highest BCUT2D eigenvalue weighted by molar-refractivity contribution is 5.37. The SMILES string of the molecule is Cc1ccc[n+](-c2[nH]c(=O)[nH]c(=O)c2[N+](=O)[O-])c1. The molecule has 2 N–H and O–H groups in total. The summed E-state index contributed by atoms with van der Waals surface area (Å²) in [5.74, 6) is -0.169. The van der Waals surface area contributed by atoms with Crippen LogP contribution in [-0.4, -0.2) is 14.9 Å². The first-order valence-electron chi connectivity index (χ1n) is 4.98. The average molecular weight is 249 g/mol. The maximum Gasteiger partial charge on any atom is 0.422 e. The van der Waals surface area contributed by atoms with Crippen molar-refractivity contribution in [2.45, 2.75) is 6.92 Å². The van der Waals surface area contributed by atoms with Gasteiger partial charge < -0.3 is 0 Å². The number of aromatic amines is 2. The number of nitro groups is 1. The van der Waals surface area contributed by atoms with Crippen LogP contribution in [0.4, 0.5) is 5.69 Å². The molecule has 8 nitrogen and oxygen atoms in total. The fourth-order valence-corrected chi connectivity index (χ4v) is 1.56. The molecule has 0 atom stereocenters. The van der Waals surface area contributed by atoms with Gasteiger partial charge in [0, 0.05) is 0 Å². The first-order chi connectivity index (χ1) is 8.49. The molecule has 8 heteroatoms. The lowest BCUT2D eigenvalue weighted by atomic mass is 10.3. The normalized spacial score (nSPS) is 10.3. The van der Waals surface area contributed by atoms with E-state index in [1.165, 1.54) is 10.8 Å². The Hall–Kier alpha value is -2.77. The number of rotatable bonds is 2. The quantitative estimate of drug-likeness (QED) is 0.426. The van der Waals surface area contributed by atoms with Gasteiger partial charge in [-0.3, -0.25) is 14.9 Å². The number of nitrogens with one attached hydrogen (secondary N) is 2. The summed E-state index contributed by atoms with van der Waals surface area (Å²) in [6, 6.07) is 3.44. The van der Waals surface area contributed by atoms with Crippen LogP contribution in [0.3, 0.4) is 0 Å². The van der Waals surface area contributed by atoms with E-state index in [1.807, 2.05) is 4.98 Å². The van der Waals surface area contributed by atoms with Gasteiger partial charge in [0.1, 0.15) is 0 Å². The summed E-state index contributed by atoms with van der Waals surface area (Å²) >= 11 is 0. The Labute approximate surface area is 99.7 Å². The van der Waals surface area contributed by atoms with Crippen LogP contribution in [0.2, 0.25) is 0 Å². The summed E-state index contributed by atoms with van der Waals surface area (Å²) < 4.78 is 1.32. The Morgan fingerprint density at radius 3 is 2.67 bits per heavy atom. The van der Waals surface area contributed by atoms with Crippen LogP contribution in [0.1, 0.15) is 5.56 Å². The Bertz CT molecular complexity index is 731. The van der Waals surface area contributed by atoms with E-state index in [9.17, 15) is 19.7 Å². The zero-order valence-corrected chi connectivity index (χ0v) is 9.34. The number of hydrogen-bond acceptors (Lipinski definition) is 4. The smallest absolute Gasteiger partial charge is 0.261 e. The number of hydrogen-bond donors (Lipinski definition) is 2. The van der Waals surface area contributed by atoms with Crippen molar-refractivity contribution >= 4 is 5.69 Å². The molecule has 0 aliphatic carbocycles. The lowest BCUT2D eigenvalue weighted by Crippen LogP contribution is -2.38. The fraction of sp³-hybridized carbons (Fsp3) is 0.100. The van der Waals surface area contributed by atoms with Crippen LogP contribution in [0.5, 0.6) is 0 Å². The van der Waals surface area contributed by atoms with E-state index in [-0.39, 0.29) is 5.82 Å². The van der Waals surface area contributed by atoms with E-state index in [0.717, 1.165) is 5.56 Å². The van der Waals surface area contributed by atoms with Crippen LogP contribution in [0.15, 0.2) is 34.1 Å². The molecule has 2 aromatic rings. The van der Waals surface area contributed by atoms with Crippen LogP contribution in [-0.2, 0) is 0 Å². The molecule has 92 valence electrons. The van der Waals surface area contributed by atoms with Gasteiger partial charge >= 0.3 is 22.8 Å². The molecule has 0 aliphatic rings. The second-order valence-electron chi connectivity index (χ2n) is 3.65. The Kier molecular flexibility index (Phi) is 2.76. The highest BCUT2D eigenvalue weighted by Gasteiger charge is 2.28. The highest BCUT2D eigenvalue weighted by atomic mass is 16.6. The molecule has 0 unspecified atom stereocenters. The van der Waals surface area contributed by atoms with E-state index < -0.39 is 21.9 Å². The molecule has 0 saturated heterocycles. The van der Waals surface area contributed by atoms with Gasteiger partial charge in [-0.25, -0.2) is 14.3 Å². The third-order valence-corrected chi connectivity index (χ3v) is 2.29. The molecule has 18 heavy (non-hydrogen) atoms. The van der Waals surface area contributed by atoms with E-state index in [2.05, 4.69) is 4.98 Å². The predicted molar refractivity (Wildman–Crippen MR) is 60.6 cm³/mol. The van der Waals surface area contributed by atoms with Gasteiger partial charge in [0.05, 0.1) is 17.3 Å². The van der Waals surface area contributed by atoms with Gasteiger partial charge in [-0.2, -0.15) is 4.98 Å². The van der Waals surface area contributed by atoms with Crippen molar-refractivity contribution in [2.24, 2.45) is 0 Å². The second-order valence-corrected chi connectivity index (χ2v) is 3.65. The molecule has 0 aliphatic heterocycles. The van der Waals surface area contributed by atoms with Gasteiger partial charge in [0.15, 0.2) is 0 Å². The predicted octanol–water partition coefficient (Wildman–Crippen LogP) is -0.443. The van der Waals surface area contributed by atoms with Crippen molar-refractivity contribution in [2.75, 3.05) is 0 Å². The molecule has 0 saturated carbocycles. The second kappa shape index (κ2) is 4.24. The first-order valence-corrected chi connectivity index (χ1v) is 4.98. The highest BCUT2D eigenvalue weighted by Crippen LogP contribution is 2.07. The van der Waals surface area contributed by atoms with E-state index >= 15 is 0 Å². The van der Waals surface area contributed by atoms with Gasteiger partial charge in [-0.1, -0.05) is 6.07 Å². The number of H-pyrrole nitrogens is 2. The van der Waals surface area contributed by atoms with Crippen LogP contribution in [0, 0.1) is 17.0 Å². The van der Waals surface area contributed by atoms with E-state index in [1.54, 1.807) is 25.3 Å². The zero-order chi connectivity index (χ0) is 13.3. The summed E-state index contributed by atoms with van der Waals surface area (Å²) in [5, 5.41) is 10.9. The maximum absolute atomic E-state index is 11.4. The molecule has 2 rings (SSSR count). The molecule has 0 radical (unpaired) electrons. The lowest BCUT2D eigenvalue weighted by molar-refractivity contribution is -0.605. The van der Waals surface area contributed by atoms with Crippen molar-refractivity contribution in [3.05, 3.63) is 61.0 Å². The van der Waals surface area contributed by atoms with E-state index in [4.69, 9.17) is 0 Å². The van der Waals surface area contributed by atoms with Crippen molar-refractivity contribution in [1.29, 1.82) is 0 Å². The minimum absolute atomic E-state index is 0.169. The Morgan fingerprint density at radius 1 is 1.33 bits per heavy atom. The summed E-state index contributed by atoms with van der Waals surface area (Å²) in [6.07, 6.45) is 3.07. The van der Waals surface area contributed by atoms with Crippen LogP contribution < -0.4 is 15.8 Å². The molecule has 0 amide bonds. The lowest BCUT2D eigenvalue weighted by Gasteiger charge is -1.98. The van der Waals surface area contributed by atoms with Crippen LogP contribution in [0.25, 0.3) is 5.82 Å². The van der Waals surface area contributed by atoms with Gasteiger partial charge in [-0.15, -0.1) is 0 Å². The fourth-order valence-electron chi connectivity index (χ4n) is 1.56. The Balaban J connectivity index is 2.82. The third-order valence-electron chi connectivity index (χ3n) is 2.29. The third kappa shape index (κ3) is 2.03. The molecular weight excluding hydrogens is 240 g/mol. The van der Waals surface area contributed by atoms with Crippen LogP contribution >= 0.6 is 0 Å². The monoisotopic (exact) mass is 249 g/mol. The molecule has 2 heterocycles. The molecule has 0 fully saturated rings. The van der Waals surface area contributed by atoms with Gasteiger partial charge in [-0.05, 0) is 18.6 Å². The molecule has 0 aromatic carbocycles. The van der Waals surface area contributed by atoms with Crippen molar-refractivity contribution in [3.63, 3.8) is 0 Å². The van der Waals surface area contributed by atoms with Crippen molar-refractivity contribution in [1.82, 2.24) is 9.97 Å². The largest absolute Gasteiger partial charge is 0.422 e. The minimum atomic E-state index is -1.03. The maximum atomic E-state index is 11.4. The summed E-state index contributed by atoms with van der Waals surface area (Å²) in [4.78, 5) is 36.7. The summed E-state index contributed by atoms with van der Waals surface area (Å²) in [6.45, 7) is 1.79. The number of aryl methyl sites for hydroxylation is 1. The van der Waals surface area contributed by atoms with Gasteiger partial charge in [0.2, 0.25) is 0 Å². The standard InChI is InChI=1S/C10H8N4O4/c1-6-3-2-4-13(5-6)8-7(14(17)18)9(15)12-10(16)11-8/h2-5H,1H3,(H-,11,12,15,16)/p+1. The molecule has 0 spiro atoms. The summed E-state index contributed by atoms with van der Waals surface area (Å²) in [7, 11) is 0. The number of aromatic nitrogens is 3. The number of nitrogens with zero attached hydrogens (tertiary/aromatic N) is 2. The molecule has 2 aromatic heterocycles. The summed E-state index contributed by atoms with van der Waals surface area (Å²) in [5.41, 5.74) is -1.71. The topological polar surface area (TPSA) is 113 Å². The van der Waals surface area contributed by atoms with Crippen molar-refractivity contribution in [3.8, 4) is 5.82 Å². The zero-order valence-electron chi connectivity index (χ0n) is 9.34. The first kappa shape index (κ1) is 11.7. The minimum Gasteiger partial charge on any atom is -0.261 e. The Morgan fingerprint density at radius 2 is 2.06 bits per heavy atom.